The number of nitrogens with zero attached hydrogens (tertiary/aromatic N) is 1. The van der Waals surface area contributed by atoms with Gasteiger partial charge in [0.05, 0.1) is 18.2 Å². The molecule has 2 aromatic rings. The van der Waals surface area contributed by atoms with Crippen molar-refractivity contribution < 1.29 is 23.8 Å². The van der Waals surface area contributed by atoms with Crippen LogP contribution in [0.4, 0.5) is 4.39 Å². The number of methoxy groups -OCH3 is 1. The van der Waals surface area contributed by atoms with Crippen LogP contribution in [0.3, 0.4) is 0 Å². The number of Topliss-reactive ketones (excluding diaryl/α,β-unsaturated/α-hetero) is 1. The molecular weight excluding hydrogens is 349 g/mol. The molecule has 1 unspecified atom stereocenters. The lowest BCUT2D eigenvalue weighted by atomic mass is 9.95. The Bertz CT molecular complexity index is 887. The van der Waals surface area contributed by atoms with E-state index in [2.05, 4.69) is 0 Å². The van der Waals surface area contributed by atoms with Gasteiger partial charge in [-0.15, -0.1) is 0 Å². The fraction of sp³-hybridized carbons (Fsp3) is 0.238. The van der Waals surface area contributed by atoms with Crippen LogP contribution in [0, 0.1) is 12.7 Å². The summed E-state index contributed by atoms with van der Waals surface area (Å²) < 4.78 is 18.4. The molecule has 6 heteroatoms. The van der Waals surface area contributed by atoms with E-state index in [0.29, 0.717) is 11.1 Å². The molecule has 0 saturated carbocycles. The summed E-state index contributed by atoms with van der Waals surface area (Å²) >= 11 is 0. The van der Waals surface area contributed by atoms with Crippen molar-refractivity contribution in [1.82, 2.24) is 4.90 Å². The number of aliphatic hydroxyl groups excluding tert-OH is 1. The SMILES string of the molecule is COCCN1C(=O)C(=O)/C(=C(/O)c2ccc(C)cc2)C1c1ccc(F)cc1. The van der Waals surface area contributed by atoms with Crippen LogP contribution in [0.25, 0.3) is 5.76 Å². The van der Waals surface area contributed by atoms with Crippen LogP contribution in [-0.4, -0.2) is 42.0 Å². The quantitative estimate of drug-likeness (QED) is 0.499. The molecule has 140 valence electrons. The summed E-state index contributed by atoms with van der Waals surface area (Å²) in [7, 11) is 1.50. The minimum atomic E-state index is -0.804. The second kappa shape index (κ2) is 7.72. The molecular formula is C21H20FNO4. The zero-order valence-corrected chi connectivity index (χ0v) is 15.1. The Morgan fingerprint density at radius 2 is 1.74 bits per heavy atom. The van der Waals surface area contributed by atoms with Crippen LogP contribution in [0.15, 0.2) is 54.1 Å². The molecule has 2 aromatic carbocycles. The van der Waals surface area contributed by atoms with Crippen LogP contribution in [0.2, 0.25) is 0 Å². The van der Waals surface area contributed by atoms with Gasteiger partial charge in [0.2, 0.25) is 0 Å². The standard InChI is InChI=1S/C21H20FNO4/c1-13-3-5-15(6-4-13)19(24)17-18(14-7-9-16(22)10-8-14)23(11-12-27-2)21(26)20(17)25/h3-10,18,24H,11-12H2,1-2H3/b19-17+. The van der Waals surface area contributed by atoms with Crippen molar-refractivity contribution >= 4 is 17.4 Å². The molecule has 0 aliphatic carbocycles. The molecule has 1 heterocycles. The van der Waals surface area contributed by atoms with Gasteiger partial charge >= 0.3 is 0 Å². The van der Waals surface area contributed by atoms with Gasteiger partial charge in [0, 0.05) is 19.2 Å². The number of carbonyl (C=O) groups is 2. The molecule has 0 aromatic heterocycles. The number of halogens is 1. The van der Waals surface area contributed by atoms with E-state index in [9.17, 15) is 19.1 Å². The van der Waals surface area contributed by atoms with Crippen molar-refractivity contribution in [2.45, 2.75) is 13.0 Å². The minimum absolute atomic E-state index is 0.00781. The van der Waals surface area contributed by atoms with Gasteiger partial charge in [-0.25, -0.2) is 4.39 Å². The second-order valence-corrected chi connectivity index (χ2v) is 6.40. The number of carbonyl (C=O) groups excluding carboxylic acids is 2. The average molecular weight is 369 g/mol. The molecule has 1 aliphatic rings. The van der Waals surface area contributed by atoms with Crippen LogP contribution in [0.1, 0.15) is 22.7 Å². The summed E-state index contributed by atoms with van der Waals surface area (Å²) in [6.07, 6.45) is 0. The van der Waals surface area contributed by atoms with Crippen molar-refractivity contribution in [3.05, 3.63) is 76.6 Å². The zero-order chi connectivity index (χ0) is 19.6. The molecule has 27 heavy (non-hydrogen) atoms. The Morgan fingerprint density at radius 3 is 2.33 bits per heavy atom. The lowest BCUT2D eigenvalue weighted by molar-refractivity contribution is -0.140. The van der Waals surface area contributed by atoms with Gasteiger partial charge in [0.25, 0.3) is 11.7 Å². The van der Waals surface area contributed by atoms with E-state index in [0.717, 1.165) is 5.56 Å². The van der Waals surface area contributed by atoms with E-state index in [1.807, 2.05) is 19.1 Å². The summed E-state index contributed by atoms with van der Waals surface area (Å²) in [5.74, 6) is -2.15. The normalized spacial score (nSPS) is 18.9. The zero-order valence-electron chi connectivity index (χ0n) is 15.1. The van der Waals surface area contributed by atoms with Crippen molar-refractivity contribution in [1.29, 1.82) is 0 Å². The van der Waals surface area contributed by atoms with Crippen LogP contribution in [-0.2, 0) is 14.3 Å². The predicted molar refractivity (Wildman–Crippen MR) is 98.5 cm³/mol. The Hall–Kier alpha value is -2.99. The lowest BCUT2D eigenvalue weighted by Crippen LogP contribution is -2.32. The highest BCUT2D eigenvalue weighted by atomic mass is 19.1. The van der Waals surface area contributed by atoms with Gasteiger partial charge in [0.15, 0.2) is 0 Å². The van der Waals surface area contributed by atoms with E-state index in [1.54, 1.807) is 12.1 Å². The first-order chi connectivity index (χ1) is 12.9. The Kier molecular flexibility index (Phi) is 5.37. The van der Waals surface area contributed by atoms with Gasteiger partial charge in [0.1, 0.15) is 11.6 Å². The Morgan fingerprint density at radius 1 is 1.11 bits per heavy atom. The topological polar surface area (TPSA) is 66.8 Å². The Balaban J connectivity index is 2.14. The van der Waals surface area contributed by atoms with Gasteiger partial charge in [-0.05, 0) is 24.6 Å². The number of rotatable bonds is 5. The molecule has 1 amide bonds. The van der Waals surface area contributed by atoms with Crippen molar-refractivity contribution in [3.8, 4) is 0 Å². The number of hydrogen-bond donors (Lipinski definition) is 1. The first-order valence-electron chi connectivity index (χ1n) is 8.54. The van der Waals surface area contributed by atoms with E-state index in [1.165, 1.54) is 36.3 Å². The maximum atomic E-state index is 13.4. The Labute approximate surface area is 156 Å². The third-order valence-corrected chi connectivity index (χ3v) is 4.59. The number of benzene rings is 2. The molecule has 0 bridgehead atoms. The predicted octanol–water partition coefficient (Wildman–Crippen LogP) is 3.20. The number of ketones is 1. The van der Waals surface area contributed by atoms with Crippen molar-refractivity contribution in [2.24, 2.45) is 0 Å². The number of likely N-dealkylation sites (tertiary alicyclic amines) is 1. The first kappa shape index (κ1) is 18.8. The van der Waals surface area contributed by atoms with Crippen LogP contribution >= 0.6 is 0 Å². The largest absolute Gasteiger partial charge is 0.507 e. The number of ether oxygens (including phenoxy) is 1. The van der Waals surface area contributed by atoms with E-state index in [4.69, 9.17) is 4.74 Å². The lowest BCUT2D eigenvalue weighted by Gasteiger charge is -2.25. The van der Waals surface area contributed by atoms with Crippen LogP contribution in [0.5, 0.6) is 0 Å². The van der Waals surface area contributed by atoms with E-state index in [-0.39, 0.29) is 24.5 Å². The number of hydrogen-bond acceptors (Lipinski definition) is 4. The molecule has 1 saturated heterocycles. The van der Waals surface area contributed by atoms with Crippen molar-refractivity contribution in [3.63, 3.8) is 0 Å². The number of aliphatic hydroxyl groups is 1. The van der Waals surface area contributed by atoms with Crippen molar-refractivity contribution in [2.75, 3.05) is 20.3 Å². The molecule has 5 nitrogen and oxygen atoms in total. The molecule has 1 atom stereocenters. The summed E-state index contributed by atoms with van der Waals surface area (Å²) in [5.41, 5.74) is 1.98. The molecule has 1 fully saturated rings. The van der Waals surface area contributed by atoms with E-state index >= 15 is 0 Å². The highest BCUT2D eigenvalue weighted by Crippen LogP contribution is 2.39. The van der Waals surface area contributed by atoms with E-state index < -0.39 is 23.5 Å². The fourth-order valence-electron chi connectivity index (χ4n) is 3.16. The van der Waals surface area contributed by atoms with Gasteiger partial charge < -0.3 is 14.7 Å². The third kappa shape index (κ3) is 3.61. The average Bonchev–Trinajstić information content (AvgIpc) is 2.91. The number of aryl methyl sites for hydroxylation is 1. The summed E-state index contributed by atoms with van der Waals surface area (Å²) in [6.45, 7) is 2.31. The molecule has 1 aliphatic heterocycles. The maximum Gasteiger partial charge on any atom is 0.295 e. The first-order valence-corrected chi connectivity index (χ1v) is 8.54. The van der Waals surface area contributed by atoms with Gasteiger partial charge in [-0.3, -0.25) is 9.59 Å². The summed E-state index contributed by atoms with van der Waals surface area (Å²) in [4.78, 5) is 26.6. The highest BCUT2D eigenvalue weighted by Gasteiger charge is 2.45. The van der Waals surface area contributed by atoms with Gasteiger partial charge in [-0.1, -0.05) is 42.0 Å². The molecule has 1 N–H and O–H groups in total. The summed E-state index contributed by atoms with van der Waals surface area (Å²) in [6, 6.07) is 11.7. The second-order valence-electron chi connectivity index (χ2n) is 6.40. The molecule has 0 spiro atoms. The third-order valence-electron chi connectivity index (χ3n) is 4.59. The fourth-order valence-corrected chi connectivity index (χ4v) is 3.16. The van der Waals surface area contributed by atoms with Gasteiger partial charge in [-0.2, -0.15) is 0 Å². The highest BCUT2D eigenvalue weighted by molar-refractivity contribution is 6.46. The summed E-state index contributed by atoms with van der Waals surface area (Å²) in [5, 5.41) is 10.8. The minimum Gasteiger partial charge on any atom is -0.507 e. The smallest absolute Gasteiger partial charge is 0.295 e. The monoisotopic (exact) mass is 369 g/mol. The molecule has 0 radical (unpaired) electrons. The molecule has 3 rings (SSSR count). The number of amides is 1. The maximum absolute atomic E-state index is 13.4. The van der Waals surface area contributed by atoms with Crippen LogP contribution < -0.4 is 0 Å².